The molecule has 78 valence electrons. The zero-order valence-electron chi connectivity index (χ0n) is 7.24. The third kappa shape index (κ3) is 2.90. The van der Waals surface area contributed by atoms with E-state index in [0.29, 0.717) is 0 Å². The predicted molar refractivity (Wildman–Crippen MR) is 45.9 cm³/mol. The Morgan fingerprint density at radius 3 is 2.50 bits per heavy atom. The molecule has 0 bridgehead atoms. The first kappa shape index (κ1) is 10.8. The predicted octanol–water partition coefficient (Wildman–Crippen LogP) is 3.09. The third-order valence-corrected chi connectivity index (χ3v) is 1.61. The summed E-state index contributed by atoms with van der Waals surface area (Å²) in [4.78, 5) is 0. The van der Waals surface area contributed by atoms with Crippen molar-refractivity contribution in [2.24, 2.45) is 0 Å². The zero-order valence-corrected chi connectivity index (χ0v) is 7.24. The first-order valence-corrected chi connectivity index (χ1v) is 4.01. The second-order valence-corrected chi connectivity index (χ2v) is 2.69. The van der Waals surface area contributed by atoms with Crippen LogP contribution >= 0.6 is 0 Å². The molecular formula is C9H9F4N. The standard InChI is InChI=1S/C9H9F4N/c10-4-5-14-8-3-1-2-7(6-8)9(11,12)13/h1-3,6,14H,4-5H2. The van der Waals surface area contributed by atoms with E-state index in [1.165, 1.54) is 12.1 Å². The van der Waals surface area contributed by atoms with E-state index in [-0.39, 0.29) is 12.2 Å². The Hall–Kier alpha value is -1.26. The Morgan fingerprint density at radius 2 is 1.93 bits per heavy atom. The fraction of sp³-hybridized carbons (Fsp3) is 0.333. The highest BCUT2D eigenvalue weighted by Gasteiger charge is 2.30. The van der Waals surface area contributed by atoms with Gasteiger partial charge in [0.05, 0.1) is 5.56 Å². The van der Waals surface area contributed by atoms with E-state index in [2.05, 4.69) is 5.32 Å². The number of alkyl halides is 4. The van der Waals surface area contributed by atoms with Gasteiger partial charge < -0.3 is 5.32 Å². The van der Waals surface area contributed by atoms with Crippen molar-refractivity contribution in [2.75, 3.05) is 18.5 Å². The largest absolute Gasteiger partial charge is 0.416 e. The third-order valence-electron chi connectivity index (χ3n) is 1.61. The topological polar surface area (TPSA) is 12.0 Å². The summed E-state index contributed by atoms with van der Waals surface area (Å²) in [5, 5.41) is 2.53. The van der Waals surface area contributed by atoms with Crippen molar-refractivity contribution >= 4 is 5.69 Å². The van der Waals surface area contributed by atoms with Gasteiger partial charge in [-0.2, -0.15) is 13.2 Å². The van der Waals surface area contributed by atoms with Gasteiger partial charge in [-0.15, -0.1) is 0 Å². The van der Waals surface area contributed by atoms with Crippen LogP contribution < -0.4 is 5.32 Å². The van der Waals surface area contributed by atoms with Crippen molar-refractivity contribution in [3.63, 3.8) is 0 Å². The summed E-state index contributed by atoms with van der Waals surface area (Å²) < 4.78 is 48.3. The van der Waals surface area contributed by atoms with Gasteiger partial charge in [-0.1, -0.05) is 6.07 Å². The lowest BCUT2D eigenvalue weighted by molar-refractivity contribution is -0.137. The van der Waals surface area contributed by atoms with Crippen LogP contribution in [0.15, 0.2) is 24.3 Å². The lowest BCUT2D eigenvalue weighted by atomic mass is 10.2. The van der Waals surface area contributed by atoms with E-state index < -0.39 is 18.4 Å². The Bertz CT molecular complexity index is 295. The SMILES string of the molecule is FCCNc1cccc(C(F)(F)F)c1. The number of hydrogen-bond donors (Lipinski definition) is 1. The molecule has 0 unspecified atom stereocenters. The maximum atomic E-state index is 12.2. The summed E-state index contributed by atoms with van der Waals surface area (Å²) in [6.45, 7) is -0.600. The van der Waals surface area contributed by atoms with Gasteiger partial charge in [0.25, 0.3) is 0 Å². The molecule has 14 heavy (non-hydrogen) atoms. The molecule has 0 fully saturated rings. The van der Waals surface area contributed by atoms with Gasteiger partial charge in [0.2, 0.25) is 0 Å². The highest BCUT2D eigenvalue weighted by molar-refractivity contribution is 5.46. The van der Waals surface area contributed by atoms with Gasteiger partial charge in [0, 0.05) is 12.2 Å². The molecule has 0 aliphatic rings. The van der Waals surface area contributed by atoms with Crippen molar-refractivity contribution < 1.29 is 17.6 Å². The lowest BCUT2D eigenvalue weighted by Crippen LogP contribution is -2.07. The maximum Gasteiger partial charge on any atom is 0.416 e. The Labute approximate surface area is 78.7 Å². The van der Waals surface area contributed by atoms with Gasteiger partial charge in [0.1, 0.15) is 6.67 Å². The quantitative estimate of drug-likeness (QED) is 0.751. The molecule has 1 nitrogen and oxygen atoms in total. The Kier molecular flexibility index (Phi) is 3.33. The second kappa shape index (κ2) is 4.30. The molecule has 1 N–H and O–H groups in total. The van der Waals surface area contributed by atoms with Gasteiger partial charge in [-0.3, -0.25) is 0 Å². The van der Waals surface area contributed by atoms with Gasteiger partial charge in [-0.25, -0.2) is 4.39 Å². The van der Waals surface area contributed by atoms with Crippen molar-refractivity contribution in [2.45, 2.75) is 6.18 Å². The second-order valence-electron chi connectivity index (χ2n) is 2.69. The molecule has 1 rings (SSSR count). The minimum Gasteiger partial charge on any atom is -0.382 e. The zero-order chi connectivity index (χ0) is 10.6. The van der Waals surface area contributed by atoms with Crippen LogP contribution in [0.3, 0.4) is 0 Å². The van der Waals surface area contributed by atoms with Crippen molar-refractivity contribution in [1.29, 1.82) is 0 Å². The number of rotatable bonds is 3. The summed E-state index contributed by atoms with van der Waals surface area (Å²) in [7, 11) is 0. The summed E-state index contributed by atoms with van der Waals surface area (Å²) in [5.41, 5.74) is -0.459. The molecule has 0 spiro atoms. The molecule has 0 saturated heterocycles. The van der Waals surface area contributed by atoms with Crippen LogP contribution in [0.4, 0.5) is 23.2 Å². The summed E-state index contributed by atoms with van der Waals surface area (Å²) in [6, 6.07) is 4.67. The average Bonchev–Trinajstić information content (AvgIpc) is 2.14. The van der Waals surface area contributed by atoms with Crippen LogP contribution in [-0.4, -0.2) is 13.2 Å². The molecule has 0 saturated carbocycles. The average molecular weight is 207 g/mol. The first-order valence-electron chi connectivity index (χ1n) is 4.01. The normalized spacial score (nSPS) is 11.4. The molecule has 5 heteroatoms. The van der Waals surface area contributed by atoms with Crippen LogP contribution in [0.1, 0.15) is 5.56 Å². The van der Waals surface area contributed by atoms with Gasteiger partial charge in [-0.05, 0) is 18.2 Å². The van der Waals surface area contributed by atoms with Crippen LogP contribution in [0.25, 0.3) is 0 Å². The highest BCUT2D eigenvalue weighted by Crippen LogP contribution is 2.30. The molecule has 0 heterocycles. The van der Waals surface area contributed by atoms with Crippen molar-refractivity contribution in [3.8, 4) is 0 Å². The number of halogens is 4. The lowest BCUT2D eigenvalue weighted by Gasteiger charge is -2.09. The van der Waals surface area contributed by atoms with E-state index in [1.54, 1.807) is 0 Å². The summed E-state index contributed by atoms with van der Waals surface area (Å²) >= 11 is 0. The van der Waals surface area contributed by atoms with Crippen LogP contribution in [-0.2, 0) is 6.18 Å². The van der Waals surface area contributed by atoms with Gasteiger partial charge >= 0.3 is 6.18 Å². The number of anilines is 1. The van der Waals surface area contributed by atoms with Crippen LogP contribution in [0.2, 0.25) is 0 Å². The Balaban J connectivity index is 2.79. The minimum absolute atomic E-state index is 0.0152. The highest BCUT2D eigenvalue weighted by atomic mass is 19.4. The minimum atomic E-state index is -4.35. The molecular weight excluding hydrogens is 198 g/mol. The Morgan fingerprint density at radius 1 is 1.21 bits per heavy atom. The van der Waals surface area contributed by atoms with Gasteiger partial charge in [0.15, 0.2) is 0 Å². The summed E-state index contributed by atoms with van der Waals surface area (Å²) in [5.74, 6) is 0. The summed E-state index contributed by atoms with van der Waals surface area (Å²) in [6.07, 6.45) is -4.35. The number of nitrogens with one attached hydrogen (secondary N) is 1. The molecule has 0 aliphatic heterocycles. The fourth-order valence-electron chi connectivity index (χ4n) is 0.997. The van der Waals surface area contributed by atoms with Crippen molar-refractivity contribution in [3.05, 3.63) is 29.8 Å². The first-order chi connectivity index (χ1) is 6.54. The molecule has 0 aromatic heterocycles. The smallest absolute Gasteiger partial charge is 0.382 e. The van der Waals surface area contributed by atoms with Crippen LogP contribution in [0, 0.1) is 0 Å². The molecule has 0 amide bonds. The molecule has 1 aromatic carbocycles. The molecule has 0 aliphatic carbocycles. The maximum absolute atomic E-state index is 12.2. The van der Waals surface area contributed by atoms with E-state index >= 15 is 0 Å². The molecule has 0 radical (unpaired) electrons. The van der Waals surface area contributed by atoms with E-state index in [1.807, 2.05) is 0 Å². The van der Waals surface area contributed by atoms with E-state index in [4.69, 9.17) is 0 Å². The fourth-order valence-corrected chi connectivity index (χ4v) is 0.997. The number of benzene rings is 1. The molecule has 0 atom stereocenters. The van der Waals surface area contributed by atoms with E-state index in [9.17, 15) is 17.6 Å². The molecule has 1 aromatic rings. The van der Waals surface area contributed by atoms with Crippen LogP contribution in [0.5, 0.6) is 0 Å². The number of hydrogen-bond acceptors (Lipinski definition) is 1. The monoisotopic (exact) mass is 207 g/mol. The van der Waals surface area contributed by atoms with E-state index in [0.717, 1.165) is 12.1 Å². The van der Waals surface area contributed by atoms with Crippen molar-refractivity contribution in [1.82, 2.24) is 0 Å².